The van der Waals surface area contributed by atoms with Crippen LogP contribution in [0.15, 0.2) is 65.2 Å². The predicted octanol–water partition coefficient (Wildman–Crippen LogP) is 4.58. The van der Waals surface area contributed by atoms with E-state index in [-0.39, 0.29) is 5.65 Å². The first-order valence-electron chi connectivity index (χ1n) is 11.5. The van der Waals surface area contributed by atoms with Crippen molar-refractivity contribution in [2.45, 2.75) is 29.0 Å². The number of nitrogens with zero attached hydrogens (tertiary/aromatic N) is 7. The fraction of sp³-hybridized carbons (Fsp3) is 0.280. The number of piperidine rings is 1. The van der Waals surface area contributed by atoms with Crippen LogP contribution in [0, 0.1) is 5.82 Å². The molecule has 0 radical (unpaired) electrons. The molecule has 35 heavy (non-hydrogen) atoms. The first-order valence-corrected chi connectivity index (χ1v) is 12.3. The average molecular weight is 490 g/mol. The van der Waals surface area contributed by atoms with E-state index in [1.54, 1.807) is 22.4 Å². The Kier molecular flexibility index (Phi) is 5.62. The fourth-order valence-electron chi connectivity index (χ4n) is 4.56. The van der Waals surface area contributed by atoms with Crippen LogP contribution in [0.4, 0.5) is 10.1 Å². The molecule has 10 heteroatoms. The summed E-state index contributed by atoms with van der Waals surface area (Å²) in [6, 6.07) is 9.73. The maximum Gasteiger partial charge on any atom is 0.200 e. The summed E-state index contributed by atoms with van der Waals surface area (Å²) in [6.45, 7) is 1.91. The lowest BCUT2D eigenvalue weighted by Gasteiger charge is -2.32. The SMILES string of the molecule is COC1CCN(c2cnc3c(Sc4nnc5c(F)cc(-c6cnn(C)c6)cn45)cccc3c2)CC1. The summed E-state index contributed by atoms with van der Waals surface area (Å²) in [5.74, 6) is -0.427. The molecule has 178 valence electrons. The van der Waals surface area contributed by atoms with Crippen molar-refractivity contribution in [2.24, 2.45) is 7.05 Å². The van der Waals surface area contributed by atoms with Gasteiger partial charge in [0.25, 0.3) is 0 Å². The summed E-state index contributed by atoms with van der Waals surface area (Å²) in [5, 5.41) is 14.2. The molecule has 4 aromatic heterocycles. The van der Waals surface area contributed by atoms with Crippen molar-refractivity contribution in [3.63, 3.8) is 0 Å². The number of hydrogen-bond donors (Lipinski definition) is 0. The molecule has 5 heterocycles. The molecule has 0 aliphatic carbocycles. The zero-order valence-electron chi connectivity index (χ0n) is 19.4. The van der Waals surface area contributed by atoms with Crippen LogP contribution in [-0.4, -0.2) is 55.7 Å². The second-order valence-corrected chi connectivity index (χ2v) is 9.71. The van der Waals surface area contributed by atoms with Crippen LogP contribution in [0.2, 0.25) is 0 Å². The lowest BCUT2D eigenvalue weighted by Crippen LogP contribution is -2.36. The number of fused-ring (bicyclic) bond motifs is 2. The molecule has 1 aliphatic heterocycles. The number of ether oxygens (including phenoxy) is 1. The number of rotatable bonds is 5. The third-order valence-corrected chi connectivity index (χ3v) is 7.48. The highest BCUT2D eigenvalue weighted by atomic mass is 32.2. The molecule has 0 unspecified atom stereocenters. The van der Waals surface area contributed by atoms with Crippen LogP contribution in [0.3, 0.4) is 0 Å². The minimum absolute atomic E-state index is 0.190. The smallest absolute Gasteiger partial charge is 0.200 e. The number of anilines is 1. The number of pyridine rings is 2. The van der Waals surface area contributed by atoms with E-state index >= 15 is 0 Å². The molecule has 1 aliphatic rings. The van der Waals surface area contributed by atoms with Crippen molar-refractivity contribution >= 4 is 34.0 Å². The van der Waals surface area contributed by atoms with Gasteiger partial charge in [-0.05, 0) is 42.8 Å². The largest absolute Gasteiger partial charge is 0.381 e. The minimum atomic E-state index is -0.427. The average Bonchev–Trinajstić information content (AvgIpc) is 3.50. The first-order chi connectivity index (χ1) is 17.1. The summed E-state index contributed by atoms with van der Waals surface area (Å²) >= 11 is 1.42. The van der Waals surface area contributed by atoms with Gasteiger partial charge in [0.2, 0.25) is 5.16 Å². The van der Waals surface area contributed by atoms with Crippen molar-refractivity contribution in [3.8, 4) is 11.1 Å². The molecule has 0 bridgehead atoms. The van der Waals surface area contributed by atoms with Gasteiger partial charge in [-0.25, -0.2) is 4.39 Å². The molecule has 0 N–H and O–H groups in total. The summed E-state index contributed by atoms with van der Waals surface area (Å²) < 4.78 is 23.7. The number of hydrogen-bond acceptors (Lipinski definition) is 7. The van der Waals surface area contributed by atoms with Crippen LogP contribution in [0.1, 0.15) is 12.8 Å². The normalized spacial score (nSPS) is 14.9. The predicted molar refractivity (Wildman–Crippen MR) is 133 cm³/mol. The molecule has 8 nitrogen and oxygen atoms in total. The van der Waals surface area contributed by atoms with E-state index < -0.39 is 5.82 Å². The number of halogens is 1. The molecule has 1 saturated heterocycles. The minimum Gasteiger partial charge on any atom is -0.381 e. The number of para-hydroxylation sites is 1. The van der Waals surface area contributed by atoms with E-state index in [2.05, 4.69) is 32.3 Å². The van der Waals surface area contributed by atoms with Gasteiger partial charge in [0.1, 0.15) is 0 Å². The third kappa shape index (κ3) is 4.12. The monoisotopic (exact) mass is 489 g/mol. The van der Waals surface area contributed by atoms with E-state index in [0.29, 0.717) is 16.8 Å². The van der Waals surface area contributed by atoms with E-state index in [4.69, 9.17) is 9.72 Å². The van der Waals surface area contributed by atoms with Crippen LogP contribution < -0.4 is 4.90 Å². The maximum atomic E-state index is 14.8. The molecule has 0 spiro atoms. The van der Waals surface area contributed by atoms with Crippen LogP contribution >= 0.6 is 11.8 Å². The molecule has 1 fully saturated rings. The van der Waals surface area contributed by atoms with Crippen LogP contribution in [0.25, 0.3) is 27.7 Å². The highest BCUT2D eigenvalue weighted by molar-refractivity contribution is 7.99. The van der Waals surface area contributed by atoms with Gasteiger partial charge in [-0.1, -0.05) is 12.1 Å². The molecular weight excluding hydrogens is 465 g/mol. The maximum absolute atomic E-state index is 14.8. The van der Waals surface area contributed by atoms with Crippen molar-refractivity contribution < 1.29 is 9.13 Å². The van der Waals surface area contributed by atoms with Gasteiger partial charge < -0.3 is 9.64 Å². The van der Waals surface area contributed by atoms with E-state index in [0.717, 1.165) is 53.0 Å². The third-order valence-electron chi connectivity index (χ3n) is 6.47. The van der Waals surface area contributed by atoms with E-state index in [1.165, 1.54) is 17.8 Å². The first kappa shape index (κ1) is 22.0. The summed E-state index contributed by atoms with van der Waals surface area (Å²) in [5.41, 5.74) is 3.73. The Hall–Kier alpha value is -3.50. The second-order valence-electron chi connectivity index (χ2n) is 8.70. The molecule has 0 atom stereocenters. The Morgan fingerprint density at radius 1 is 1.06 bits per heavy atom. The lowest BCUT2D eigenvalue weighted by atomic mass is 10.1. The molecule has 1 aromatic carbocycles. The van der Waals surface area contributed by atoms with Crippen molar-refractivity contribution in [3.05, 3.63) is 60.9 Å². The number of benzene rings is 1. The van der Waals surface area contributed by atoms with Crippen molar-refractivity contribution in [2.75, 3.05) is 25.1 Å². The van der Waals surface area contributed by atoms with Gasteiger partial charge in [0.15, 0.2) is 11.5 Å². The summed E-state index contributed by atoms with van der Waals surface area (Å²) in [6.07, 6.45) is 9.71. The lowest BCUT2D eigenvalue weighted by molar-refractivity contribution is 0.0819. The fourth-order valence-corrected chi connectivity index (χ4v) is 5.49. The van der Waals surface area contributed by atoms with Gasteiger partial charge in [0.05, 0.1) is 29.7 Å². The van der Waals surface area contributed by atoms with Gasteiger partial charge in [0, 0.05) is 61.0 Å². The number of methoxy groups -OCH3 is 1. The highest BCUT2D eigenvalue weighted by Gasteiger charge is 2.20. The van der Waals surface area contributed by atoms with Gasteiger partial charge >= 0.3 is 0 Å². The van der Waals surface area contributed by atoms with Gasteiger partial charge in [-0.15, -0.1) is 10.2 Å². The van der Waals surface area contributed by atoms with Crippen molar-refractivity contribution in [1.29, 1.82) is 0 Å². The van der Waals surface area contributed by atoms with Crippen LogP contribution in [-0.2, 0) is 11.8 Å². The topological polar surface area (TPSA) is 73.4 Å². The standard InChI is InChI=1S/C25H24FN7OS/c1-31-14-18(12-28-31)17-11-21(26)24-29-30-25(33(24)15-17)35-22-5-3-4-16-10-19(13-27-23(16)22)32-8-6-20(34-2)7-9-32/h3-5,10-15,20H,6-9H2,1-2H3. The molecule has 0 amide bonds. The van der Waals surface area contributed by atoms with E-state index in [9.17, 15) is 4.39 Å². The molecule has 0 saturated carbocycles. The second kappa shape index (κ2) is 8.94. The summed E-state index contributed by atoms with van der Waals surface area (Å²) in [7, 11) is 3.61. The molecular formula is C25H24FN7OS. The Balaban J connectivity index is 1.33. The zero-order valence-corrected chi connectivity index (χ0v) is 20.2. The highest BCUT2D eigenvalue weighted by Crippen LogP contribution is 2.34. The van der Waals surface area contributed by atoms with Gasteiger partial charge in [-0.3, -0.25) is 14.1 Å². The van der Waals surface area contributed by atoms with Crippen molar-refractivity contribution in [1.82, 2.24) is 29.4 Å². The quantitative estimate of drug-likeness (QED) is 0.358. The number of aromatic nitrogens is 6. The summed E-state index contributed by atoms with van der Waals surface area (Å²) in [4.78, 5) is 8.10. The van der Waals surface area contributed by atoms with Crippen LogP contribution in [0.5, 0.6) is 0 Å². The Morgan fingerprint density at radius 3 is 2.69 bits per heavy atom. The zero-order chi connectivity index (χ0) is 23.9. The molecule has 6 rings (SSSR count). The Morgan fingerprint density at radius 2 is 1.91 bits per heavy atom. The Bertz CT molecular complexity index is 1520. The Labute approximate surface area is 205 Å². The van der Waals surface area contributed by atoms with Gasteiger partial charge in [-0.2, -0.15) is 5.10 Å². The van der Waals surface area contributed by atoms with E-state index in [1.807, 2.05) is 37.8 Å². The number of aryl methyl sites for hydroxylation is 1. The molecule has 5 aromatic rings.